The first kappa shape index (κ1) is 19.5. The van der Waals surface area contributed by atoms with Gasteiger partial charge in [0.15, 0.2) is 0 Å². The number of nitrogens with zero attached hydrogens (tertiary/aromatic N) is 2. The molecule has 1 aliphatic rings. The van der Waals surface area contributed by atoms with Crippen LogP contribution in [0.25, 0.3) is 10.9 Å². The minimum absolute atomic E-state index is 0.0311. The van der Waals surface area contributed by atoms with Gasteiger partial charge in [-0.3, -0.25) is 14.2 Å². The molecule has 1 aliphatic carbocycles. The Bertz CT molecular complexity index is 1090. The van der Waals surface area contributed by atoms with E-state index >= 15 is 0 Å². The summed E-state index contributed by atoms with van der Waals surface area (Å²) in [6.45, 7) is 0.388. The van der Waals surface area contributed by atoms with Crippen molar-refractivity contribution in [2.45, 2.75) is 31.7 Å². The van der Waals surface area contributed by atoms with E-state index < -0.39 is 0 Å². The second kappa shape index (κ2) is 8.66. The molecule has 1 aromatic heterocycles. The van der Waals surface area contributed by atoms with Crippen LogP contribution in [-0.2, 0) is 16.0 Å². The van der Waals surface area contributed by atoms with E-state index in [1.807, 2.05) is 18.2 Å². The van der Waals surface area contributed by atoms with Crippen LogP contribution >= 0.6 is 11.6 Å². The molecule has 7 heteroatoms. The minimum atomic E-state index is -0.343. The highest BCUT2D eigenvalue weighted by molar-refractivity contribution is 6.30. The van der Waals surface area contributed by atoms with E-state index in [4.69, 9.17) is 21.1 Å². The number of fused-ring (bicyclic) bond motifs is 1. The first-order valence-electron chi connectivity index (χ1n) is 9.66. The van der Waals surface area contributed by atoms with Crippen LogP contribution in [0.3, 0.4) is 0 Å². The Morgan fingerprint density at radius 3 is 2.76 bits per heavy atom. The molecular formula is C22H21ClN2O4. The number of benzene rings is 2. The van der Waals surface area contributed by atoms with Gasteiger partial charge in [-0.15, -0.1) is 0 Å². The van der Waals surface area contributed by atoms with Crippen LogP contribution in [0.4, 0.5) is 0 Å². The number of hydrogen-bond donors (Lipinski definition) is 0. The number of para-hydroxylation sites is 1. The lowest BCUT2D eigenvalue weighted by atomic mass is 10.2. The summed E-state index contributed by atoms with van der Waals surface area (Å²) < 4.78 is 12.5. The van der Waals surface area contributed by atoms with Gasteiger partial charge in [-0.2, -0.15) is 0 Å². The van der Waals surface area contributed by atoms with E-state index in [9.17, 15) is 9.59 Å². The zero-order valence-electron chi connectivity index (χ0n) is 15.8. The summed E-state index contributed by atoms with van der Waals surface area (Å²) >= 11 is 5.90. The fourth-order valence-electron chi connectivity index (χ4n) is 3.24. The molecule has 29 heavy (non-hydrogen) atoms. The molecule has 0 atom stereocenters. The maximum atomic E-state index is 12.8. The van der Waals surface area contributed by atoms with Crippen LogP contribution in [0.5, 0.6) is 5.75 Å². The predicted octanol–water partition coefficient (Wildman–Crippen LogP) is 3.94. The summed E-state index contributed by atoms with van der Waals surface area (Å²) in [5, 5.41) is 1.20. The standard InChI is InChI=1S/C22H21ClN2O4/c23-15-4-3-5-17(14-15)28-12-13-29-21(26)11-10-20-24-19-7-2-1-6-18(19)22(27)25(20)16-8-9-16/h1-7,14,16H,8-13H2. The molecule has 1 heterocycles. The Kier molecular flexibility index (Phi) is 5.81. The lowest BCUT2D eigenvalue weighted by molar-refractivity contribution is -0.144. The molecule has 0 N–H and O–H groups in total. The van der Waals surface area contributed by atoms with Gasteiger partial charge >= 0.3 is 5.97 Å². The van der Waals surface area contributed by atoms with Gasteiger partial charge < -0.3 is 9.47 Å². The van der Waals surface area contributed by atoms with Crippen LogP contribution in [0.15, 0.2) is 53.3 Å². The first-order chi connectivity index (χ1) is 14.1. The highest BCUT2D eigenvalue weighted by Crippen LogP contribution is 2.34. The average molecular weight is 413 g/mol. The van der Waals surface area contributed by atoms with Crippen molar-refractivity contribution in [2.75, 3.05) is 13.2 Å². The molecule has 0 saturated heterocycles. The number of aromatic nitrogens is 2. The normalized spacial score (nSPS) is 13.4. The fourth-order valence-corrected chi connectivity index (χ4v) is 3.42. The van der Waals surface area contributed by atoms with Crippen molar-refractivity contribution in [3.63, 3.8) is 0 Å². The number of aryl methyl sites for hydroxylation is 1. The third-order valence-electron chi connectivity index (χ3n) is 4.76. The second-order valence-corrected chi connectivity index (χ2v) is 7.41. The smallest absolute Gasteiger partial charge is 0.306 e. The maximum Gasteiger partial charge on any atom is 0.306 e. The highest BCUT2D eigenvalue weighted by atomic mass is 35.5. The number of carbonyl (C=O) groups is 1. The summed E-state index contributed by atoms with van der Waals surface area (Å²) in [5.74, 6) is 0.926. The maximum absolute atomic E-state index is 12.8. The molecule has 150 valence electrons. The zero-order valence-corrected chi connectivity index (χ0v) is 16.6. The van der Waals surface area contributed by atoms with Crippen molar-refractivity contribution in [3.05, 3.63) is 69.7 Å². The van der Waals surface area contributed by atoms with Crippen LogP contribution in [-0.4, -0.2) is 28.7 Å². The van der Waals surface area contributed by atoms with E-state index in [2.05, 4.69) is 4.98 Å². The van der Waals surface area contributed by atoms with Gasteiger partial charge in [-0.25, -0.2) is 4.98 Å². The van der Waals surface area contributed by atoms with Crippen LogP contribution < -0.4 is 10.3 Å². The number of carbonyl (C=O) groups excluding carboxylic acids is 1. The predicted molar refractivity (Wildman–Crippen MR) is 111 cm³/mol. The largest absolute Gasteiger partial charge is 0.490 e. The average Bonchev–Trinajstić information content (AvgIpc) is 3.55. The summed E-state index contributed by atoms with van der Waals surface area (Å²) in [5.41, 5.74) is 0.629. The Balaban J connectivity index is 1.34. The summed E-state index contributed by atoms with van der Waals surface area (Å²) in [7, 11) is 0. The Hall–Kier alpha value is -2.86. The Labute approximate surface area is 173 Å². The molecule has 0 spiro atoms. The summed E-state index contributed by atoms with van der Waals surface area (Å²) in [6, 6.07) is 14.5. The lowest BCUT2D eigenvalue weighted by Gasteiger charge is -2.13. The number of halogens is 1. The molecular weight excluding hydrogens is 392 g/mol. The third kappa shape index (κ3) is 4.77. The van der Waals surface area contributed by atoms with Crippen molar-refractivity contribution < 1.29 is 14.3 Å². The van der Waals surface area contributed by atoms with Crippen molar-refractivity contribution in [1.29, 1.82) is 0 Å². The number of hydrogen-bond acceptors (Lipinski definition) is 5. The molecule has 6 nitrogen and oxygen atoms in total. The van der Waals surface area contributed by atoms with E-state index in [-0.39, 0.29) is 37.2 Å². The molecule has 3 aromatic rings. The van der Waals surface area contributed by atoms with Crippen molar-refractivity contribution in [3.8, 4) is 5.75 Å². The van der Waals surface area contributed by atoms with E-state index in [0.29, 0.717) is 33.9 Å². The monoisotopic (exact) mass is 412 g/mol. The van der Waals surface area contributed by atoms with Gasteiger partial charge in [0.1, 0.15) is 24.8 Å². The van der Waals surface area contributed by atoms with Gasteiger partial charge in [0.25, 0.3) is 5.56 Å². The zero-order chi connectivity index (χ0) is 20.2. The molecule has 1 fully saturated rings. The van der Waals surface area contributed by atoms with E-state index in [1.54, 1.807) is 34.9 Å². The quantitative estimate of drug-likeness (QED) is 0.414. The molecule has 4 rings (SSSR count). The molecule has 0 radical (unpaired) electrons. The summed E-state index contributed by atoms with van der Waals surface area (Å²) in [6.07, 6.45) is 2.47. The van der Waals surface area contributed by atoms with E-state index in [0.717, 1.165) is 12.8 Å². The van der Waals surface area contributed by atoms with Crippen LogP contribution in [0, 0.1) is 0 Å². The first-order valence-corrected chi connectivity index (χ1v) is 10.0. The molecule has 0 aliphatic heterocycles. The molecule has 0 amide bonds. The number of rotatable bonds is 8. The highest BCUT2D eigenvalue weighted by Gasteiger charge is 2.28. The van der Waals surface area contributed by atoms with Crippen molar-refractivity contribution in [1.82, 2.24) is 9.55 Å². The molecule has 2 aromatic carbocycles. The third-order valence-corrected chi connectivity index (χ3v) is 4.99. The van der Waals surface area contributed by atoms with Crippen LogP contribution in [0.2, 0.25) is 5.02 Å². The number of ether oxygens (including phenoxy) is 2. The van der Waals surface area contributed by atoms with Crippen molar-refractivity contribution in [2.24, 2.45) is 0 Å². The Morgan fingerprint density at radius 2 is 1.97 bits per heavy atom. The number of esters is 1. The van der Waals surface area contributed by atoms with Crippen molar-refractivity contribution >= 4 is 28.5 Å². The topological polar surface area (TPSA) is 70.4 Å². The fraction of sp³-hybridized carbons (Fsp3) is 0.318. The molecule has 0 bridgehead atoms. The Morgan fingerprint density at radius 1 is 1.14 bits per heavy atom. The lowest BCUT2D eigenvalue weighted by Crippen LogP contribution is -2.25. The molecule has 0 unspecified atom stereocenters. The van der Waals surface area contributed by atoms with Gasteiger partial charge in [-0.05, 0) is 43.2 Å². The second-order valence-electron chi connectivity index (χ2n) is 6.98. The minimum Gasteiger partial charge on any atom is -0.490 e. The van der Waals surface area contributed by atoms with Crippen LogP contribution in [0.1, 0.15) is 31.1 Å². The van der Waals surface area contributed by atoms with E-state index in [1.165, 1.54) is 0 Å². The SMILES string of the molecule is O=C(CCc1nc2ccccc2c(=O)n1C1CC1)OCCOc1cccc(Cl)c1. The molecule has 1 saturated carbocycles. The van der Waals surface area contributed by atoms with Gasteiger partial charge in [0, 0.05) is 17.5 Å². The summed E-state index contributed by atoms with van der Waals surface area (Å²) in [4.78, 5) is 29.6. The van der Waals surface area contributed by atoms with Gasteiger partial charge in [0.05, 0.1) is 17.3 Å². The van der Waals surface area contributed by atoms with Gasteiger partial charge in [0.2, 0.25) is 0 Å². The van der Waals surface area contributed by atoms with Gasteiger partial charge in [-0.1, -0.05) is 29.8 Å².